The normalized spacial score (nSPS) is 11.0. The van der Waals surface area contributed by atoms with Crippen LogP contribution < -0.4 is 0 Å². The largest absolute Gasteiger partial charge is 0.244 e. The molecule has 4 heteroatoms. The van der Waals surface area contributed by atoms with Crippen molar-refractivity contribution in [2.75, 3.05) is 5.88 Å². The first kappa shape index (κ1) is 8.05. The van der Waals surface area contributed by atoms with Gasteiger partial charge in [-0.2, -0.15) is 0 Å². The minimum absolute atomic E-state index is 0.511. The number of aromatic nitrogens is 1. The highest BCUT2D eigenvalue weighted by Gasteiger charge is 1.92. The van der Waals surface area contributed by atoms with E-state index in [0.717, 1.165) is 5.01 Å². The van der Waals surface area contributed by atoms with E-state index in [2.05, 4.69) is 4.98 Å². The van der Waals surface area contributed by atoms with E-state index in [1.807, 2.05) is 12.2 Å². The van der Waals surface area contributed by atoms with Gasteiger partial charge >= 0.3 is 0 Å². The van der Waals surface area contributed by atoms with Crippen molar-refractivity contribution < 1.29 is 0 Å². The Morgan fingerprint density at radius 2 is 2.50 bits per heavy atom. The third kappa shape index (κ3) is 2.29. The molecule has 0 fully saturated rings. The molecule has 1 aromatic rings. The maximum absolute atomic E-state index is 5.63. The summed E-state index contributed by atoms with van der Waals surface area (Å²) in [5.74, 6) is 0.511. The number of hydrogen-bond acceptors (Lipinski definition) is 2. The first-order valence-corrected chi connectivity index (χ1v) is 4.39. The molecule has 0 aliphatic carbocycles. The lowest BCUT2D eigenvalue weighted by Gasteiger charge is -1.77. The number of halogens is 2. The summed E-state index contributed by atoms with van der Waals surface area (Å²) in [6, 6.07) is 0. The molecular weight excluding hydrogens is 189 g/mol. The predicted molar refractivity (Wildman–Crippen MR) is 46.9 cm³/mol. The van der Waals surface area contributed by atoms with E-state index in [-0.39, 0.29) is 0 Å². The fraction of sp³-hybridized carbons (Fsp3) is 0.167. The molecule has 0 aromatic carbocycles. The average molecular weight is 194 g/mol. The average Bonchev–Trinajstić information content (AvgIpc) is 2.31. The Morgan fingerprint density at radius 1 is 1.70 bits per heavy atom. The summed E-state index contributed by atoms with van der Waals surface area (Å²) in [6.07, 6.45) is 5.31. The first-order valence-electron chi connectivity index (χ1n) is 2.67. The third-order valence-corrected chi connectivity index (χ3v) is 2.10. The zero-order valence-corrected chi connectivity index (χ0v) is 7.38. The zero-order valence-electron chi connectivity index (χ0n) is 5.05. The van der Waals surface area contributed by atoms with Crippen molar-refractivity contribution in [2.24, 2.45) is 0 Å². The van der Waals surface area contributed by atoms with Gasteiger partial charge in [-0.3, -0.25) is 0 Å². The Bertz CT molecular complexity index is 231. The van der Waals surface area contributed by atoms with Gasteiger partial charge in [-0.1, -0.05) is 17.7 Å². The maximum atomic E-state index is 5.63. The molecule has 0 bridgehead atoms. The lowest BCUT2D eigenvalue weighted by Crippen LogP contribution is -1.64. The highest BCUT2D eigenvalue weighted by atomic mass is 35.5. The maximum Gasteiger partial charge on any atom is 0.117 e. The molecule has 0 saturated heterocycles. The van der Waals surface area contributed by atoms with Crippen LogP contribution in [0.3, 0.4) is 0 Å². The lowest BCUT2D eigenvalue weighted by atomic mass is 10.5. The van der Waals surface area contributed by atoms with Crippen LogP contribution in [-0.4, -0.2) is 10.9 Å². The summed E-state index contributed by atoms with van der Waals surface area (Å²) in [5, 5.41) is 0.894. The molecule has 0 saturated carbocycles. The van der Waals surface area contributed by atoms with Crippen molar-refractivity contribution in [3.8, 4) is 0 Å². The number of thiazole rings is 1. The summed E-state index contributed by atoms with van der Waals surface area (Å²) in [6.45, 7) is 0. The first-order chi connectivity index (χ1) is 4.83. The molecular formula is C6H5Cl2NS. The van der Waals surface area contributed by atoms with Crippen LogP contribution in [0, 0.1) is 0 Å². The fourth-order valence-electron chi connectivity index (χ4n) is 0.489. The van der Waals surface area contributed by atoms with E-state index in [4.69, 9.17) is 23.2 Å². The molecule has 0 radical (unpaired) electrons. The second-order valence-corrected chi connectivity index (χ2v) is 3.56. The third-order valence-electron chi connectivity index (χ3n) is 0.845. The molecule has 1 aromatic heterocycles. The van der Waals surface area contributed by atoms with Crippen LogP contribution in [0.5, 0.6) is 0 Å². The van der Waals surface area contributed by atoms with Gasteiger partial charge in [-0.25, -0.2) is 4.98 Å². The van der Waals surface area contributed by atoms with Crippen LogP contribution in [0.4, 0.5) is 0 Å². The highest BCUT2D eigenvalue weighted by Crippen LogP contribution is 2.18. The lowest BCUT2D eigenvalue weighted by molar-refractivity contribution is 1.39. The summed E-state index contributed by atoms with van der Waals surface area (Å²) >= 11 is 12.5. The van der Waals surface area contributed by atoms with E-state index >= 15 is 0 Å². The smallest absolute Gasteiger partial charge is 0.117 e. The molecule has 0 atom stereocenters. The number of rotatable bonds is 2. The van der Waals surface area contributed by atoms with E-state index in [1.54, 1.807) is 6.20 Å². The van der Waals surface area contributed by atoms with Gasteiger partial charge in [0.2, 0.25) is 0 Å². The van der Waals surface area contributed by atoms with Gasteiger partial charge in [0.25, 0.3) is 0 Å². The molecule has 1 nitrogen and oxygen atoms in total. The number of nitrogens with zero attached hydrogens (tertiary/aromatic N) is 1. The van der Waals surface area contributed by atoms with Gasteiger partial charge < -0.3 is 0 Å². The molecule has 1 heterocycles. The van der Waals surface area contributed by atoms with Crippen molar-refractivity contribution in [1.29, 1.82) is 0 Å². The van der Waals surface area contributed by atoms with E-state index in [9.17, 15) is 0 Å². The van der Waals surface area contributed by atoms with Crippen molar-refractivity contribution >= 4 is 40.6 Å². The highest BCUT2D eigenvalue weighted by molar-refractivity contribution is 7.16. The van der Waals surface area contributed by atoms with Gasteiger partial charge in [0, 0.05) is 5.88 Å². The van der Waals surface area contributed by atoms with Crippen molar-refractivity contribution in [3.63, 3.8) is 0 Å². The molecule has 0 N–H and O–H groups in total. The monoisotopic (exact) mass is 193 g/mol. The molecule has 0 aliphatic heterocycles. The zero-order chi connectivity index (χ0) is 7.40. The topological polar surface area (TPSA) is 12.9 Å². The van der Waals surface area contributed by atoms with E-state index in [1.165, 1.54) is 11.3 Å². The fourth-order valence-corrected chi connectivity index (χ4v) is 1.44. The molecule has 0 unspecified atom stereocenters. The van der Waals surface area contributed by atoms with Gasteiger partial charge in [-0.05, 0) is 6.08 Å². The second kappa shape index (κ2) is 3.96. The van der Waals surface area contributed by atoms with E-state index < -0.39 is 0 Å². The van der Waals surface area contributed by atoms with Crippen LogP contribution >= 0.6 is 34.5 Å². The van der Waals surface area contributed by atoms with Gasteiger partial charge in [0.1, 0.15) is 9.34 Å². The molecule has 0 amide bonds. The predicted octanol–water partition coefficient (Wildman–Crippen LogP) is 3.05. The summed E-state index contributed by atoms with van der Waals surface area (Å²) in [5.41, 5.74) is 0. The standard InChI is InChI=1S/C6H5Cl2NS/c7-3-1-2-6-9-4-5(8)10-6/h1-2,4H,3H2/b2-1+. The Labute approximate surface area is 73.3 Å². The van der Waals surface area contributed by atoms with Crippen LogP contribution in [0.25, 0.3) is 6.08 Å². The van der Waals surface area contributed by atoms with Gasteiger partial charge in [-0.15, -0.1) is 22.9 Å². The van der Waals surface area contributed by atoms with Crippen LogP contribution in [0.15, 0.2) is 12.3 Å². The SMILES string of the molecule is ClC/C=C/c1ncc(Cl)s1. The number of alkyl halides is 1. The molecule has 0 aliphatic rings. The van der Waals surface area contributed by atoms with Crippen LogP contribution in [-0.2, 0) is 0 Å². The van der Waals surface area contributed by atoms with E-state index in [0.29, 0.717) is 10.2 Å². The Morgan fingerprint density at radius 3 is 3.00 bits per heavy atom. The summed E-state index contributed by atoms with van der Waals surface area (Å²) < 4.78 is 0.703. The number of allylic oxidation sites excluding steroid dienone is 1. The minimum atomic E-state index is 0.511. The summed E-state index contributed by atoms with van der Waals surface area (Å²) in [4.78, 5) is 3.99. The summed E-state index contributed by atoms with van der Waals surface area (Å²) in [7, 11) is 0. The Kier molecular flexibility index (Phi) is 3.19. The van der Waals surface area contributed by atoms with Gasteiger partial charge in [0.15, 0.2) is 0 Å². The van der Waals surface area contributed by atoms with Crippen LogP contribution in [0.1, 0.15) is 5.01 Å². The van der Waals surface area contributed by atoms with Gasteiger partial charge in [0.05, 0.1) is 6.20 Å². The van der Waals surface area contributed by atoms with Crippen molar-refractivity contribution in [2.45, 2.75) is 0 Å². The molecule has 0 spiro atoms. The quantitative estimate of drug-likeness (QED) is 0.659. The molecule has 54 valence electrons. The molecule has 10 heavy (non-hydrogen) atoms. The van der Waals surface area contributed by atoms with Crippen molar-refractivity contribution in [3.05, 3.63) is 21.6 Å². The minimum Gasteiger partial charge on any atom is -0.244 e. The second-order valence-electron chi connectivity index (χ2n) is 1.56. The number of hydrogen-bond donors (Lipinski definition) is 0. The molecule has 1 rings (SSSR count). The Balaban J connectivity index is 2.67. The van der Waals surface area contributed by atoms with Crippen LogP contribution in [0.2, 0.25) is 4.34 Å². The van der Waals surface area contributed by atoms with Crippen molar-refractivity contribution in [1.82, 2.24) is 4.98 Å². The Hall–Kier alpha value is -0.0500.